The summed E-state index contributed by atoms with van der Waals surface area (Å²) in [6.07, 6.45) is 6.07. The van der Waals surface area contributed by atoms with Crippen molar-refractivity contribution in [3.8, 4) is 0 Å². The third-order valence-corrected chi connectivity index (χ3v) is 3.53. The van der Waals surface area contributed by atoms with Crippen molar-refractivity contribution in [2.24, 2.45) is 5.92 Å². The predicted molar refractivity (Wildman–Crippen MR) is 66.8 cm³/mol. The highest BCUT2D eigenvalue weighted by molar-refractivity contribution is 5.88. The number of hydrogen-bond donors (Lipinski definition) is 1. The molecule has 19 heavy (non-hydrogen) atoms. The Bertz CT molecular complexity index is 461. The fraction of sp³-hybridized carbons (Fsp3) is 0.615. The van der Waals surface area contributed by atoms with Crippen LogP contribution in [0, 0.1) is 5.92 Å². The van der Waals surface area contributed by atoms with Crippen molar-refractivity contribution in [3.05, 3.63) is 18.0 Å². The van der Waals surface area contributed by atoms with Crippen LogP contribution in [0.3, 0.4) is 0 Å². The molecule has 0 atom stereocenters. The smallest absolute Gasteiger partial charge is 0.341 e. The van der Waals surface area contributed by atoms with Crippen molar-refractivity contribution in [2.45, 2.75) is 38.6 Å². The highest BCUT2D eigenvalue weighted by atomic mass is 16.5. The van der Waals surface area contributed by atoms with Gasteiger partial charge in [-0.25, -0.2) is 4.79 Å². The summed E-state index contributed by atoms with van der Waals surface area (Å²) < 4.78 is 6.66. The zero-order valence-electron chi connectivity index (χ0n) is 10.9. The van der Waals surface area contributed by atoms with Gasteiger partial charge in [0.1, 0.15) is 0 Å². The fourth-order valence-electron chi connectivity index (χ4n) is 2.44. The molecule has 1 heterocycles. The molecule has 0 spiro atoms. The molecule has 0 saturated heterocycles. The molecule has 6 nitrogen and oxygen atoms in total. The molecular formula is C13H18N2O4. The third-order valence-electron chi connectivity index (χ3n) is 3.53. The van der Waals surface area contributed by atoms with E-state index in [0.29, 0.717) is 25.0 Å². The summed E-state index contributed by atoms with van der Waals surface area (Å²) in [6.45, 7) is 2.10. The predicted octanol–water partition coefficient (Wildman–Crippen LogP) is 1.88. The summed E-state index contributed by atoms with van der Waals surface area (Å²) in [5, 5.41) is 13.1. The van der Waals surface area contributed by atoms with Gasteiger partial charge in [0.25, 0.3) is 0 Å². The van der Waals surface area contributed by atoms with Gasteiger partial charge in [-0.05, 0) is 32.6 Å². The Morgan fingerprint density at radius 2 is 2.11 bits per heavy atom. The summed E-state index contributed by atoms with van der Waals surface area (Å²) in [5.74, 6) is -1.32. The van der Waals surface area contributed by atoms with Gasteiger partial charge < -0.3 is 9.84 Å². The van der Waals surface area contributed by atoms with Gasteiger partial charge in [-0.3, -0.25) is 9.48 Å². The molecule has 0 unspecified atom stereocenters. The van der Waals surface area contributed by atoms with Crippen LogP contribution in [-0.4, -0.2) is 33.4 Å². The number of carboxylic acid groups (broad SMARTS) is 1. The highest BCUT2D eigenvalue weighted by Gasteiger charge is 2.27. The number of aliphatic carboxylic acids is 1. The van der Waals surface area contributed by atoms with E-state index in [1.54, 1.807) is 17.8 Å². The van der Waals surface area contributed by atoms with Gasteiger partial charge in [-0.2, -0.15) is 5.10 Å². The number of carboxylic acids is 1. The van der Waals surface area contributed by atoms with E-state index >= 15 is 0 Å². The third kappa shape index (κ3) is 3.13. The Morgan fingerprint density at radius 1 is 1.42 bits per heavy atom. The summed E-state index contributed by atoms with van der Waals surface area (Å²) in [5.41, 5.74) is 0.446. The van der Waals surface area contributed by atoms with Crippen LogP contribution in [-0.2, 0) is 9.53 Å². The molecule has 1 aromatic heterocycles. The lowest BCUT2D eigenvalue weighted by Gasteiger charge is -2.26. The largest absolute Gasteiger partial charge is 0.481 e. The zero-order chi connectivity index (χ0) is 13.8. The van der Waals surface area contributed by atoms with E-state index in [0.717, 1.165) is 12.8 Å². The van der Waals surface area contributed by atoms with Gasteiger partial charge in [-0.15, -0.1) is 0 Å². The van der Waals surface area contributed by atoms with Crippen molar-refractivity contribution in [1.29, 1.82) is 0 Å². The lowest BCUT2D eigenvalue weighted by atomic mass is 9.86. The Labute approximate surface area is 111 Å². The first-order chi connectivity index (χ1) is 9.11. The van der Waals surface area contributed by atoms with Gasteiger partial charge in [0.15, 0.2) is 0 Å². The summed E-state index contributed by atoms with van der Waals surface area (Å²) in [6, 6.07) is 0.179. The number of rotatable bonds is 4. The van der Waals surface area contributed by atoms with Crippen LogP contribution in [0.2, 0.25) is 0 Å². The van der Waals surface area contributed by atoms with E-state index in [2.05, 4.69) is 5.10 Å². The zero-order valence-corrected chi connectivity index (χ0v) is 10.9. The van der Waals surface area contributed by atoms with Crippen molar-refractivity contribution in [2.75, 3.05) is 6.61 Å². The number of nitrogens with zero attached hydrogens (tertiary/aromatic N) is 2. The molecule has 0 bridgehead atoms. The maximum Gasteiger partial charge on any atom is 0.341 e. The van der Waals surface area contributed by atoms with Crippen molar-refractivity contribution < 1.29 is 19.4 Å². The normalized spacial score (nSPS) is 23.0. The van der Waals surface area contributed by atoms with Crippen molar-refractivity contribution in [1.82, 2.24) is 9.78 Å². The van der Waals surface area contributed by atoms with Gasteiger partial charge in [0.05, 0.1) is 30.3 Å². The minimum absolute atomic E-state index is 0.179. The number of ether oxygens (including phenoxy) is 1. The first-order valence-electron chi connectivity index (χ1n) is 6.56. The second-order valence-electron chi connectivity index (χ2n) is 4.77. The van der Waals surface area contributed by atoms with Crippen molar-refractivity contribution in [3.63, 3.8) is 0 Å². The van der Waals surface area contributed by atoms with E-state index in [4.69, 9.17) is 9.84 Å². The molecule has 1 aliphatic carbocycles. The standard InChI is InChI=1S/C13H18N2O4/c1-2-19-13(18)10-7-14-15(8-10)11-5-3-9(4-6-11)12(16)17/h7-9,11H,2-6H2,1H3,(H,16,17). The number of esters is 1. The summed E-state index contributed by atoms with van der Waals surface area (Å²) >= 11 is 0. The molecule has 1 saturated carbocycles. The molecular weight excluding hydrogens is 248 g/mol. The lowest BCUT2D eigenvalue weighted by molar-refractivity contribution is -0.143. The van der Waals surface area contributed by atoms with Crippen LogP contribution in [0.25, 0.3) is 0 Å². The first kappa shape index (κ1) is 13.6. The monoisotopic (exact) mass is 266 g/mol. The lowest BCUT2D eigenvalue weighted by Crippen LogP contribution is -2.23. The van der Waals surface area contributed by atoms with Crippen molar-refractivity contribution >= 4 is 11.9 Å². The molecule has 1 fully saturated rings. The minimum Gasteiger partial charge on any atom is -0.481 e. The Balaban J connectivity index is 1.97. The Hall–Kier alpha value is -1.85. The number of aromatic nitrogens is 2. The maximum atomic E-state index is 11.5. The molecule has 104 valence electrons. The Kier molecular flexibility index (Phi) is 4.19. The van der Waals surface area contributed by atoms with Crippen LogP contribution >= 0.6 is 0 Å². The molecule has 0 aromatic carbocycles. The minimum atomic E-state index is -0.717. The molecule has 1 aromatic rings. The van der Waals surface area contributed by atoms with E-state index in [1.807, 2.05) is 0 Å². The second-order valence-corrected chi connectivity index (χ2v) is 4.77. The number of carbonyl (C=O) groups excluding carboxylic acids is 1. The molecule has 0 radical (unpaired) electrons. The maximum absolute atomic E-state index is 11.5. The van der Waals surface area contributed by atoms with E-state index in [-0.39, 0.29) is 17.9 Å². The van der Waals surface area contributed by atoms with Crippen LogP contribution in [0.5, 0.6) is 0 Å². The fourth-order valence-corrected chi connectivity index (χ4v) is 2.44. The van der Waals surface area contributed by atoms with Gasteiger partial charge in [-0.1, -0.05) is 0 Å². The van der Waals surface area contributed by atoms with Crippen LogP contribution in [0.4, 0.5) is 0 Å². The average molecular weight is 266 g/mol. The van der Waals surface area contributed by atoms with E-state index < -0.39 is 5.97 Å². The number of hydrogen-bond acceptors (Lipinski definition) is 4. The molecule has 6 heteroatoms. The van der Waals surface area contributed by atoms with Crippen LogP contribution in [0.15, 0.2) is 12.4 Å². The molecule has 1 N–H and O–H groups in total. The van der Waals surface area contributed by atoms with Gasteiger partial charge in [0.2, 0.25) is 0 Å². The molecule has 2 rings (SSSR count). The highest BCUT2D eigenvalue weighted by Crippen LogP contribution is 2.31. The first-order valence-corrected chi connectivity index (χ1v) is 6.56. The molecule has 1 aliphatic rings. The number of carbonyl (C=O) groups is 2. The SMILES string of the molecule is CCOC(=O)c1cnn(C2CCC(C(=O)O)CC2)c1. The van der Waals surface area contributed by atoms with E-state index in [9.17, 15) is 9.59 Å². The molecule has 0 aliphatic heterocycles. The average Bonchev–Trinajstić information content (AvgIpc) is 2.89. The summed E-state index contributed by atoms with van der Waals surface area (Å²) in [7, 11) is 0. The topological polar surface area (TPSA) is 81.4 Å². The van der Waals surface area contributed by atoms with Gasteiger partial charge in [0, 0.05) is 6.20 Å². The quantitative estimate of drug-likeness (QED) is 0.841. The molecule has 0 amide bonds. The van der Waals surface area contributed by atoms with Crippen LogP contribution < -0.4 is 0 Å². The van der Waals surface area contributed by atoms with Crippen LogP contribution in [0.1, 0.15) is 49.0 Å². The second kappa shape index (κ2) is 5.86. The van der Waals surface area contributed by atoms with E-state index in [1.165, 1.54) is 6.20 Å². The Morgan fingerprint density at radius 3 is 2.68 bits per heavy atom. The summed E-state index contributed by atoms with van der Waals surface area (Å²) in [4.78, 5) is 22.4. The van der Waals surface area contributed by atoms with Gasteiger partial charge >= 0.3 is 11.9 Å².